The Morgan fingerprint density at radius 2 is 2.16 bits per heavy atom. The van der Waals surface area contributed by atoms with Gasteiger partial charge in [0.25, 0.3) is 0 Å². The third kappa shape index (κ3) is 2.13. The molecule has 0 saturated heterocycles. The fourth-order valence-corrected chi connectivity index (χ4v) is 2.89. The summed E-state index contributed by atoms with van der Waals surface area (Å²) in [6.45, 7) is 2.16. The van der Waals surface area contributed by atoms with Gasteiger partial charge >= 0.3 is 0 Å². The van der Waals surface area contributed by atoms with Gasteiger partial charge in [0.15, 0.2) is 0 Å². The summed E-state index contributed by atoms with van der Waals surface area (Å²) in [4.78, 5) is 9.69. The molecule has 0 aliphatic heterocycles. The van der Waals surface area contributed by atoms with E-state index in [9.17, 15) is 0 Å². The van der Waals surface area contributed by atoms with Crippen LogP contribution in [0.15, 0.2) is 48.5 Å². The predicted molar refractivity (Wildman–Crippen MR) is 78.0 cm³/mol. The van der Waals surface area contributed by atoms with E-state index in [1.807, 2.05) is 18.6 Å². The lowest BCUT2D eigenvalue weighted by Gasteiger charge is -2.16. The largest absolute Gasteiger partial charge is 0.398 e. The van der Waals surface area contributed by atoms with Crippen LogP contribution in [-0.2, 0) is 0 Å². The van der Waals surface area contributed by atoms with Crippen molar-refractivity contribution in [3.05, 3.63) is 53.4 Å². The minimum Gasteiger partial charge on any atom is -0.398 e. The first-order valence-corrected chi connectivity index (χ1v) is 6.90. The number of anilines is 1. The molecule has 1 unspecified atom stereocenters. The topological polar surface area (TPSA) is 56.7 Å². The van der Waals surface area contributed by atoms with Crippen molar-refractivity contribution in [1.29, 1.82) is 0 Å². The van der Waals surface area contributed by atoms with Crippen LogP contribution in [0.4, 0.5) is 5.69 Å². The Kier molecular flexibility index (Phi) is 3.05. The van der Waals surface area contributed by atoms with Gasteiger partial charge in [-0.1, -0.05) is 6.07 Å². The summed E-state index contributed by atoms with van der Waals surface area (Å²) in [5.74, 6) is 0. The maximum Gasteiger partial charge on any atom is 0.0956 e. The number of rotatable bonds is 3. The summed E-state index contributed by atoms with van der Waals surface area (Å²) in [6.07, 6.45) is 7.15. The van der Waals surface area contributed by atoms with E-state index < -0.39 is 0 Å². The van der Waals surface area contributed by atoms with Crippen molar-refractivity contribution in [2.45, 2.75) is 13.0 Å². The van der Waals surface area contributed by atoms with E-state index in [0.717, 1.165) is 16.9 Å². The Labute approximate surface area is 115 Å². The van der Waals surface area contributed by atoms with Gasteiger partial charge in [-0.25, -0.2) is 4.98 Å². The zero-order valence-electron chi connectivity index (χ0n) is 10.5. The lowest BCUT2D eigenvalue weighted by atomic mass is 10.1. The van der Waals surface area contributed by atoms with Crippen molar-refractivity contribution in [1.82, 2.24) is 14.5 Å². The number of aromatic nitrogens is 3. The van der Waals surface area contributed by atoms with Crippen LogP contribution in [0.3, 0.4) is 0 Å². The number of nitrogen functional groups attached to an aromatic ring is 1. The molecular formula is C14H14N4S. The Morgan fingerprint density at radius 3 is 2.89 bits per heavy atom. The van der Waals surface area contributed by atoms with Gasteiger partial charge in [0.05, 0.1) is 24.3 Å². The quantitative estimate of drug-likeness (QED) is 0.795. The van der Waals surface area contributed by atoms with Crippen LogP contribution >= 0.6 is 11.3 Å². The van der Waals surface area contributed by atoms with Gasteiger partial charge in [0, 0.05) is 28.5 Å². The normalized spacial score (nSPS) is 12.5. The number of nitrogens with two attached hydrogens (primary N) is 1. The lowest BCUT2D eigenvalue weighted by molar-refractivity contribution is 0.656. The SMILES string of the molecule is CC(c1cccs1)n1cncc1-c1cnccc1N. The average Bonchev–Trinajstić information content (AvgIpc) is 3.10. The van der Waals surface area contributed by atoms with Gasteiger partial charge in [-0.2, -0.15) is 0 Å². The Balaban J connectivity index is 2.06. The minimum absolute atomic E-state index is 0.233. The summed E-state index contributed by atoms with van der Waals surface area (Å²) >= 11 is 1.74. The summed E-state index contributed by atoms with van der Waals surface area (Å²) in [5.41, 5.74) is 8.65. The smallest absolute Gasteiger partial charge is 0.0956 e. The van der Waals surface area contributed by atoms with Crippen LogP contribution in [0, 0.1) is 0 Å². The Morgan fingerprint density at radius 1 is 1.26 bits per heavy atom. The Bertz CT molecular complexity index is 672. The molecule has 19 heavy (non-hydrogen) atoms. The number of pyridine rings is 1. The second kappa shape index (κ2) is 4.85. The second-order valence-electron chi connectivity index (χ2n) is 4.34. The minimum atomic E-state index is 0.233. The number of imidazole rings is 1. The molecule has 0 aromatic carbocycles. The van der Waals surface area contributed by atoms with E-state index >= 15 is 0 Å². The molecular weight excluding hydrogens is 256 g/mol. The summed E-state index contributed by atoms with van der Waals surface area (Å²) in [6, 6.07) is 6.23. The summed E-state index contributed by atoms with van der Waals surface area (Å²) < 4.78 is 2.12. The molecule has 4 nitrogen and oxygen atoms in total. The van der Waals surface area contributed by atoms with Crippen LogP contribution in [0.5, 0.6) is 0 Å². The molecule has 0 spiro atoms. The van der Waals surface area contributed by atoms with Crippen LogP contribution in [0.1, 0.15) is 17.8 Å². The average molecular weight is 270 g/mol. The van der Waals surface area contributed by atoms with Crippen LogP contribution in [0.25, 0.3) is 11.3 Å². The molecule has 0 fully saturated rings. The molecule has 0 bridgehead atoms. The molecule has 5 heteroatoms. The van der Waals surface area contributed by atoms with Gasteiger partial charge in [0.2, 0.25) is 0 Å². The van der Waals surface area contributed by atoms with Crippen molar-refractivity contribution in [3.8, 4) is 11.3 Å². The molecule has 1 atom stereocenters. The standard InChI is InChI=1S/C14H14N4S/c1-10(14-3-2-6-19-14)18-9-17-8-13(18)11-7-16-5-4-12(11)15/h2-10H,1H3,(H2,15,16). The monoisotopic (exact) mass is 270 g/mol. The number of hydrogen-bond acceptors (Lipinski definition) is 4. The summed E-state index contributed by atoms with van der Waals surface area (Å²) in [7, 11) is 0. The maximum atomic E-state index is 6.02. The zero-order valence-corrected chi connectivity index (χ0v) is 11.3. The van der Waals surface area contributed by atoms with Crippen molar-refractivity contribution >= 4 is 17.0 Å². The van der Waals surface area contributed by atoms with E-state index in [-0.39, 0.29) is 6.04 Å². The van der Waals surface area contributed by atoms with Crippen molar-refractivity contribution < 1.29 is 0 Å². The third-order valence-corrected chi connectivity index (χ3v) is 4.21. The molecule has 0 aliphatic carbocycles. The van der Waals surface area contributed by atoms with Gasteiger partial charge in [-0.15, -0.1) is 11.3 Å². The van der Waals surface area contributed by atoms with Gasteiger partial charge in [-0.05, 0) is 24.4 Å². The first-order chi connectivity index (χ1) is 9.27. The molecule has 0 saturated carbocycles. The van der Waals surface area contributed by atoms with Crippen LogP contribution in [-0.4, -0.2) is 14.5 Å². The van der Waals surface area contributed by atoms with Crippen LogP contribution in [0.2, 0.25) is 0 Å². The second-order valence-corrected chi connectivity index (χ2v) is 5.32. The molecule has 3 aromatic rings. The van der Waals surface area contributed by atoms with E-state index in [0.29, 0.717) is 0 Å². The number of thiophene rings is 1. The highest BCUT2D eigenvalue weighted by molar-refractivity contribution is 7.10. The van der Waals surface area contributed by atoms with Gasteiger partial charge < -0.3 is 10.3 Å². The highest BCUT2D eigenvalue weighted by Gasteiger charge is 2.15. The van der Waals surface area contributed by atoms with Gasteiger partial charge in [-0.3, -0.25) is 4.98 Å². The number of nitrogens with zero attached hydrogens (tertiary/aromatic N) is 3. The zero-order chi connectivity index (χ0) is 13.2. The number of hydrogen-bond donors (Lipinski definition) is 1. The van der Waals surface area contributed by atoms with E-state index in [2.05, 4.69) is 39.0 Å². The van der Waals surface area contributed by atoms with Gasteiger partial charge in [0.1, 0.15) is 0 Å². The fourth-order valence-electron chi connectivity index (χ4n) is 2.11. The fraction of sp³-hybridized carbons (Fsp3) is 0.143. The molecule has 0 aliphatic rings. The lowest BCUT2D eigenvalue weighted by Crippen LogP contribution is -2.06. The molecule has 96 valence electrons. The highest BCUT2D eigenvalue weighted by atomic mass is 32.1. The van der Waals surface area contributed by atoms with Crippen molar-refractivity contribution in [2.24, 2.45) is 0 Å². The molecule has 0 amide bonds. The summed E-state index contributed by atoms with van der Waals surface area (Å²) in [5, 5.41) is 2.08. The molecule has 3 aromatic heterocycles. The van der Waals surface area contributed by atoms with E-state index in [4.69, 9.17) is 5.73 Å². The highest BCUT2D eigenvalue weighted by Crippen LogP contribution is 2.30. The maximum absolute atomic E-state index is 6.02. The first-order valence-electron chi connectivity index (χ1n) is 6.02. The predicted octanol–water partition coefficient (Wildman–Crippen LogP) is 3.20. The van der Waals surface area contributed by atoms with E-state index in [1.54, 1.807) is 23.7 Å². The first kappa shape index (κ1) is 11.9. The third-order valence-electron chi connectivity index (χ3n) is 3.17. The van der Waals surface area contributed by atoms with Crippen LogP contribution < -0.4 is 5.73 Å². The molecule has 0 radical (unpaired) electrons. The van der Waals surface area contributed by atoms with E-state index in [1.165, 1.54) is 4.88 Å². The molecule has 3 heterocycles. The van der Waals surface area contributed by atoms with Crippen molar-refractivity contribution in [3.63, 3.8) is 0 Å². The Hall–Kier alpha value is -2.14. The van der Waals surface area contributed by atoms with Crippen molar-refractivity contribution in [2.75, 3.05) is 5.73 Å². The molecule has 2 N–H and O–H groups in total. The molecule has 3 rings (SSSR count).